The van der Waals surface area contributed by atoms with Gasteiger partial charge in [-0.1, -0.05) is 12.1 Å². The van der Waals surface area contributed by atoms with Crippen molar-refractivity contribution in [3.05, 3.63) is 29.8 Å². The number of ether oxygens (including phenoxy) is 1. The van der Waals surface area contributed by atoms with Gasteiger partial charge in [-0.15, -0.1) is 0 Å². The van der Waals surface area contributed by atoms with Crippen LogP contribution in [0.25, 0.3) is 0 Å². The van der Waals surface area contributed by atoms with Crippen molar-refractivity contribution in [3.63, 3.8) is 0 Å². The molecule has 0 radical (unpaired) electrons. The molecule has 2 N–H and O–H groups in total. The number of carboxylic acid groups (broad SMARTS) is 1. The molecule has 1 aromatic rings. The second-order valence-corrected chi connectivity index (χ2v) is 8.27. The molecule has 2 aliphatic carbocycles. The summed E-state index contributed by atoms with van der Waals surface area (Å²) in [6.07, 6.45) is 2.87. The van der Waals surface area contributed by atoms with Crippen molar-refractivity contribution in [2.75, 3.05) is 13.7 Å². The number of rotatable bonds is 7. The van der Waals surface area contributed by atoms with Gasteiger partial charge in [-0.05, 0) is 49.3 Å². The zero-order valence-electron chi connectivity index (χ0n) is 13.0. The average Bonchev–Trinajstić information content (AvgIpc) is 3.31. The van der Waals surface area contributed by atoms with E-state index in [1.807, 2.05) is 6.07 Å². The molecular formula is C16H21NO5S. The minimum absolute atomic E-state index is 0.0866. The van der Waals surface area contributed by atoms with Gasteiger partial charge in [0.05, 0.1) is 16.4 Å². The van der Waals surface area contributed by atoms with Crippen LogP contribution in [0.15, 0.2) is 29.2 Å². The Kier molecular flexibility index (Phi) is 4.20. The number of hydrogen-bond donors (Lipinski definition) is 2. The molecule has 0 spiro atoms. The highest BCUT2D eigenvalue weighted by molar-refractivity contribution is 7.89. The molecule has 7 heteroatoms. The number of carboxylic acids is 1. The maximum absolute atomic E-state index is 12.5. The van der Waals surface area contributed by atoms with Gasteiger partial charge in [0.2, 0.25) is 10.0 Å². The minimum atomic E-state index is -3.62. The summed E-state index contributed by atoms with van der Waals surface area (Å²) in [5, 5.41) is 8.96. The third-order valence-electron chi connectivity index (χ3n) is 4.82. The van der Waals surface area contributed by atoms with Crippen LogP contribution < -0.4 is 4.72 Å². The van der Waals surface area contributed by atoms with Crippen LogP contribution in [0.4, 0.5) is 0 Å². The number of carbonyl (C=O) groups is 1. The lowest BCUT2D eigenvalue weighted by Crippen LogP contribution is -2.55. The van der Waals surface area contributed by atoms with E-state index in [4.69, 9.17) is 9.84 Å². The molecule has 0 aromatic heterocycles. The van der Waals surface area contributed by atoms with Crippen molar-refractivity contribution in [2.24, 2.45) is 5.92 Å². The molecule has 0 atom stereocenters. The van der Waals surface area contributed by atoms with Gasteiger partial charge in [-0.25, -0.2) is 13.1 Å². The Balaban J connectivity index is 1.67. The lowest BCUT2D eigenvalue weighted by atomic mass is 9.71. The summed E-state index contributed by atoms with van der Waals surface area (Å²) < 4.78 is 32.9. The zero-order chi connectivity index (χ0) is 16.7. The van der Waals surface area contributed by atoms with Crippen LogP contribution in [0.2, 0.25) is 0 Å². The fourth-order valence-corrected chi connectivity index (χ4v) is 4.23. The van der Waals surface area contributed by atoms with Crippen LogP contribution in [0, 0.1) is 5.92 Å². The predicted octanol–water partition coefficient (Wildman–Crippen LogP) is 1.72. The average molecular weight is 339 g/mol. The van der Waals surface area contributed by atoms with Gasteiger partial charge >= 0.3 is 5.97 Å². The van der Waals surface area contributed by atoms with Crippen molar-refractivity contribution in [1.82, 2.24) is 4.72 Å². The quantitative estimate of drug-likeness (QED) is 0.789. The van der Waals surface area contributed by atoms with Crippen LogP contribution in [-0.4, -0.2) is 38.7 Å². The Labute approximate surface area is 135 Å². The van der Waals surface area contributed by atoms with Gasteiger partial charge in [0.1, 0.15) is 0 Å². The first-order valence-electron chi connectivity index (χ1n) is 7.73. The summed E-state index contributed by atoms with van der Waals surface area (Å²) in [5.74, 6) is -0.839. The largest absolute Gasteiger partial charge is 0.481 e. The van der Waals surface area contributed by atoms with Crippen molar-refractivity contribution in [2.45, 2.75) is 42.1 Å². The van der Waals surface area contributed by atoms with Crippen LogP contribution in [-0.2, 0) is 19.6 Å². The Hall–Kier alpha value is -1.44. The molecule has 0 bridgehead atoms. The molecule has 0 amide bonds. The van der Waals surface area contributed by atoms with Gasteiger partial charge in [0.15, 0.2) is 0 Å². The molecule has 0 saturated heterocycles. The molecule has 6 nitrogen and oxygen atoms in total. The van der Waals surface area contributed by atoms with Gasteiger partial charge in [-0.3, -0.25) is 4.79 Å². The van der Waals surface area contributed by atoms with Crippen LogP contribution in [0.1, 0.15) is 37.2 Å². The lowest BCUT2D eigenvalue weighted by molar-refractivity contribution is -0.161. The zero-order valence-corrected chi connectivity index (χ0v) is 13.8. The van der Waals surface area contributed by atoms with Crippen LogP contribution >= 0.6 is 0 Å². The van der Waals surface area contributed by atoms with E-state index in [0.717, 1.165) is 18.4 Å². The maximum atomic E-state index is 12.5. The summed E-state index contributed by atoms with van der Waals surface area (Å²) >= 11 is 0. The molecule has 126 valence electrons. The molecule has 23 heavy (non-hydrogen) atoms. The molecule has 2 fully saturated rings. The third-order valence-corrected chi connectivity index (χ3v) is 6.22. The van der Waals surface area contributed by atoms with E-state index in [1.54, 1.807) is 18.2 Å². The molecular weight excluding hydrogens is 318 g/mol. The van der Waals surface area contributed by atoms with Crippen molar-refractivity contribution >= 4 is 16.0 Å². The smallest absolute Gasteiger partial charge is 0.306 e. The van der Waals surface area contributed by atoms with E-state index >= 15 is 0 Å². The summed E-state index contributed by atoms with van der Waals surface area (Å²) in [5.41, 5.74) is 0.341. The monoisotopic (exact) mass is 339 g/mol. The number of nitrogens with one attached hydrogen (secondary N) is 1. The van der Waals surface area contributed by atoms with Crippen molar-refractivity contribution in [3.8, 4) is 0 Å². The molecule has 2 saturated carbocycles. The number of aliphatic carboxylic acids is 1. The fraction of sp³-hybridized carbons (Fsp3) is 0.562. The normalized spacial score (nSPS) is 27.4. The van der Waals surface area contributed by atoms with Crippen LogP contribution in [0.5, 0.6) is 0 Å². The van der Waals surface area contributed by atoms with E-state index in [9.17, 15) is 13.2 Å². The van der Waals surface area contributed by atoms with Gasteiger partial charge < -0.3 is 9.84 Å². The Morgan fingerprint density at radius 2 is 2.09 bits per heavy atom. The summed E-state index contributed by atoms with van der Waals surface area (Å²) in [6, 6.07) is 7.02. The van der Waals surface area contributed by atoms with Gasteiger partial charge in [0.25, 0.3) is 0 Å². The second-order valence-electron chi connectivity index (χ2n) is 6.50. The van der Waals surface area contributed by atoms with E-state index < -0.39 is 27.5 Å². The minimum Gasteiger partial charge on any atom is -0.481 e. The molecule has 3 rings (SSSR count). The number of hydrogen-bond acceptors (Lipinski definition) is 4. The second kappa shape index (κ2) is 5.89. The van der Waals surface area contributed by atoms with E-state index in [-0.39, 0.29) is 11.4 Å². The summed E-state index contributed by atoms with van der Waals surface area (Å²) in [4.78, 5) is 11.2. The summed E-state index contributed by atoms with van der Waals surface area (Å²) in [6.45, 7) is 0.0866. The van der Waals surface area contributed by atoms with Crippen molar-refractivity contribution < 1.29 is 23.1 Å². The first kappa shape index (κ1) is 16.4. The van der Waals surface area contributed by atoms with Gasteiger partial charge in [0, 0.05) is 13.7 Å². The molecule has 0 unspecified atom stereocenters. The Morgan fingerprint density at radius 1 is 1.39 bits per heavy atom. The lowest BCUT2D eigenvalue weighted by Gasteiger charge is -2.44. The Morgan fingerprint density at radius 3 is 2.65 bits per heavy atom. The molecule has 0 heterocycles. The predicted molar refractivity (Wildman–Crippen MR) is 83.7 cm³/mol. The maximum Gasteiger partial charge on any atom is 0.306 e. The molecule has 1 aromatic carbocycles. The standard InChI is InChI=1S/C16H21NO5S/c1-22-16(8-13(9-16)15(18)19)10-17-23(20,21)14-4-2-3-12(7-14)11-5-6-11/h2-4,7,11,13,17H,5-6,8-10H2,1H3,(H,18,19). The third kappa shape index (κ3) is 3.41. The van der Waals surface area contributed by atoms with Gasteiger partial charge in [-0.2, -0.15) is 0 Å². The van der Waals surface area contributed by atoms with Crippen LogP contribution in [0.3, 0.4) is 0 Å². The topological polar surface area (TPSA) is 92.7 Å². The molecule has 2 aliphatic rings. The Bertz CT molecular complexity index is 705. The number of benzene rings is 1. The van der Waals surface area contributed by atoms with E-state index in [2.05, 4.69) is 4.72 Å². The number of methoxy groups -OCH3 is 1. The molecule has 0 aliphatic heterocycles. The summed E-state index contributed by atoms with van der Waals surface area (Å²) in [7, 11) is -2.14. The number of sulfonamides is 1. The highest BCUT2D eigenvalue weighted by Gasteiger charge is 2.48. The highest BCUT2D eigenvalue weighted by atomic mass is 32.2. The first-order chi connectivity index (χ1) is 10.9. The highest BCUT2D eigenvalue weighted by Crippen LogP contribution is 2.41. The van der Waals surface area contributed by atoms with Crippen molar-refractivity contribution in [1.29, 1.82) is 0 Å². The van der Waals surface area contributed by atoms with E-state index in [1.165, 1.54) is 7.11 Å². The SMILES string of the molecule is COC1(CNS(=O)(=O)c2cccc(C3CC3)c2)CC(C(=O)O)C1. The first-order valence-corrected chi connectivity index (χ1v) is 9.21. The van der Waals surface area contributed by atoms with E-state index in [0.29, 0.717) is 18.8 Å². The fourth-order valence-electron chi connectivity index (χ4n) is 3.06.